The third-order valence-electron chi connectivity index (χ3n) is 3.66. The van der Waals surface area contributed by atoms with Crippen LogP contribution >= 0.6 is 15.9 Å². The van der Waals surface area contributed by atoms with Gasteiger partial charge in [-0.1, -0.05) is 30.3 Å². The summed E-state index contributed by atoms with van der Waals surface area (Å²) in [6, 6.07) is 10.5. The number of aromatic hydroxyl groups is 1. The van der Waals surface area contributed by atoms with Crippen LogP contribution < -0.4 is 5.32 Å². The van der Waals surface area contributed by atoms with Crippen molar-refractivity contribution in [1.29, 1.82) is 0 Å². The van der Waals surface area contributed by atoms with Crippen molar-refractivity contribution in [3.63, 3.8) is 0 Å². The van der Waals surface area contributed by atoms with Gasteiger partial charge in [-0.3, -0.25) is 0 Å². The van der Waals surface area contributed by atoms with Gasteiger partial charge < -0.3 is 19.9 Å². The number of esters is 2. The summed E-state index contributed by atoms with van der Waals surface area (Å²) < 4.78 is 9.99. The molecule has 0 saturated carbocycles. The van der Waals surface area contributed by atoms with Crippen LogP contribution in [0.1, 0.15) is 5.56 Å². The van der Waals surface area contributed by atoms with E-state index >= 15 is 0 Å². The van der Waals surface area contributed by atoms with Gasteiger partial charge in [-0.25, -0.2) is 9.59 Å². The number of carbonyl (C=O) groups is 2. The Kier molecular flexibility index (Phi) is 6.41. The Morgan fingerprint density at radius 3 is 2.38 bits per heavy atom. The molecular formula is C19H18BrNO5. The van der Waals surface area contributed by atoms with E-state index in [4.69, 9.17) is 4.74 Å². The fraction of sp³-hybridized carbons (Fsp3) is 0.158. The molecule has 0 aromatic heterocycles. The molecule has 26 heavy (non-hydrogen) atoms. The number of aryl methyl sites for hydroxylation is 1. The molecule has 0 unspecified atom stereocenters. The molecule has 2 N–H and O–H groups in total. The summed E-state index contributed by atoms with van der Waals surface area (Å²) in [6.07, 6.45) is 1.01. The standard InChI is InChI=1S/C19H18BrNO5/c1-11-8-9-13(12-6-4-5-7-15(12)22)18(17(11)20)21-14(19(24)26-3)10-16(23)25-2/h4-10,21-22H,1-3H3/b14-10+. The largest absolute Gasteiger partial charge is 0.507 e. The molecule has 136 valence electrons. The van der Waals surface area contributed by atoms with Gasteiger partial charge in [0.1, 0.15) is 11.4 Å². The molecular weight excluding hydrogens is 402 g/mol. The number of halogens is 1. The molecule has 0 aliphatic heterocycles. The molecule has 0 aliphatic rings. The maximum Gasteiger partial charge on any atom is 0.354 e. The van der Waals surface area contributed by atoms with Gasteiger partial charge in [-0.2, -0.15) is 0 Å². The van der Waals surface area contributed by atoms with Crippen LogP contribution in [0.4, 0.5) is 5.69 Å². The average Bonchev–Trinajstić information content (AvgIpc) is 2.64. The van der Waals surface area contributed by atoms with E-state index in [-0.39, 0.29) is 11.4 Å². The Bertz CT molecular complexity index is 876. The average molecular weight is 420 g/mol. The number of phenols is 1. The highest BCUT2D eigenvalue weighted by Gasteiger charge is 2.19. The molecule has 7 heteroatoms. The molecule has 0 amide bonds. The molecule has 0 radical (unpaired) electrons. The number of methoxy groups -OCH3 is 2. The van der Waals surface area contributed by atoms with Crippen LogP contribution in [0.5, 0.6) is 5.75 Å². The lowest BCUT2D eigenvalue weighted by molar-refractivity contribution is -0.138. The minimum Gasteiger partial charge on any atom is -0.507 e. The van der Waals surface area contributed by atoms with Crippen molar-refractivity contribution in [3.05, 3.63) is 58.2 Å². The second-order valence-electron chi connectivity index (χ2n) is 5.33. The number of phenolic OH excluding ortho intramolecular Hbond substituents is 1. The summed E-state index contributed by atoms with van der Waals surface area (Å²) in [5.41, 5.74) is 2.52. The van der Waals surface area contributed by atoms with Crippen LogP contribution in [-0.4, -0.2) is 31.3 Å². The highest BCUT2D eigenvalue weighted by Crippen LogP contribution is 2.40. The summed E-state index contributed by atoms with van der Waals surface area (Å²) in [4.78, 5) is 23.6. The summed E-state index contributed by atoms with van der Waals surface area (Å²) in [6.45, 7) is 1.88. The van der Waals surface area contributed by atoms with Gasteiger partial charge in [0.15, 0.2) is 0 Å². The molecule has 0 aliphatic carbocycles. The van der Waals surface area contributed by atoms with E-state index in [0.717, 1.165) is 11.6 Å². The molecule has 0 atom stereocenters. The van der Waals surface area contributed by atoms with Crippen LogP contribution in [0, 0.1) is 6.92 Å². The first-order valence-electron chi connectivity index (χ1n) is 7.61. The van der Waals surface area contributed by atoms with E-state index < -0.39 is 11.9 Å². The summed E-state index contributed by atoms with van der Waals surface area (Å²) in [7, 11) is 2.42. The zero-order chi connectivity index (χ0) is 19.3. The lowest BCUT2D eigenvalue weighted by atomic mass is 10.0. The Hall–Kier alpha value is -2.80. The van der Waals surface area contributed by atoms with Crippen LogP contribution in [-0.2, 0) is 19.1 Å². The van der Waals surface area contributed by atoms with Gasteiger partial charge in [0.05, 0.1) is 26.0 Å². The topological polar surface area (TPSA) is 84.9 Å². The highest BCUT2D eigenvalue weighted by atomic mass is 79.9. The molecule has 0 heterocycles. The second kappa shape index (κ2) is 8.53. The van der Waals surface area contributed by atoms with E-state index in [0.29, 0.717) is 21.3 Å². The van der Waals surface area contributed by atoms with Crippen molar-refractivity contribution in [2.75, 3.05) is 19.5 Å². The Labute approximate surface area is 159 Å². The number of ether oxygens (including phenoxy) is 2. The van der Waals surface area contributed by atoms with E-state index in [2.05, 4.69) is 26.0 Å². The molecule has 0 fully saturated rings. The first-order valence-corrected chi connectivity index (χ1v) is 8.40. The molecule has 0 saturated heterocycles. The van der Waals surface area contributed by atoms with E-state index in [1.807, 2.05) is 19.1 Å². The van der Waals surface area contributed by atoms with Crippen LogP contribution in [0.15, 0.2) is 52.6 Å². The van der Waals surface area contributed by atoms with Crippen LogP contribution in [0.2, 0.25) is 0 Å². The van der Waals surface area contributed by atoms with Crippen molar-refractivity contribution in [2.45, 2.75) is 6.92 Å². The number of rotatable bonds is 5. The summed E-state index contributed by atoms with van der Waals surface area (Å²) >= 11 is 3.50. The van der Waals surface area contributed by atoms with Gasteiger partial charge >= 0.3 is 11.9 Å². The minimum atomic E-state index is -0.730. The quantitative estimate of drug-likeness (QED) is 0.566. The fourth-order valence-corrected chi connectivity index (χ4v) is 2.74. The first-order chi connectivity index (χ1) is 12.4. The molecule has 6 nitrogen and oxygen atoms in total. The predicted molar refractivity (Wildman–Crippen MR) is 102 cm³/mol. The fourth-order valence-electron chi connectivity index (χ4n) is 2.30. The maximum absolute atomic E-state index is 12.1. The second-order valence-corrected chi connectivity index (χ2v) is 6.13. The van der Waals surface area contributed by atoms with Crippen LogP contribution in [0.3, 0.4) is 0 Å². The van der Waals surface area contributed by atoms with Crippen molar-refractivity contribution >= 4 is 33.6 Å². The van der Waals surface area contributed by atoms with Gasteiger partial charge in [-0.05, 0) is 34.5 Å². The summed E-state index contributed by atoms with van der Waals surface area (Å²) in [5.74, 6) is -1.35. The van der Waals surface area contributed by atoms with Crippen LogP contribution in [0.25, 0.3) is 11.1 Å². The lowest BCUT2D eigenvalue weighted by Gasteiger charge is -2.17. The van der Waals surface area contributed by atoms with E-state index in [1.165, 1.54) is 14.2 Å². The van der Waals surface area contributed by atoms with E-state index in [1.54, 1.807) is 24.3 Å². The number of anilines is 1. The predicted octanol–water partition coefficient (Wildman–Crippen LogP) is 3.77. The monoisotopic (exact) mass is 419 g/mol. The first kappa shape index (κ1) is 19.5. The Morgan fingerprint density at radius 2 is 1.77 bits per heavy atom. The number of nitrogens with one attached hydrogen (secondary N) is 1. The van der Waals surface area contributed by atoms with Gasteiger partial charge in [0.2, 0.25) is 0 Å². The maximum atomic E-state index is 12.1. The number of benzene rings is 2. The number of hydrogen-bond donors (Lipinski definition) is 2. The number of hydrogen-bond acceptors (Lipinski definition) is 6. The molecule has 2 rings (SSSR count). The zero-order valence-corrected chi connectivity index (χ0v) is 16.1. The van der Waals surface area contributed by atoms with Crippen molar-refractivity contribution in [1.82, 2.24) is 0 Å². The third-order valence-corrected chi connectivity index (χ3v) is 4.68. The van der Waals surface area contributed by atoms with Crippen molar-refractivity contribution in [3.8, 4) is 16.9 Å². The normalized spacial score (nSPS) is 11.0. The van der Waals surface area contributed by atoms with Crippen molar-refractivity contribution < 1.29 is 24.2 Å². The minimum absolute atomic E-state index is 0.0860. The molecule has 2 aromatic rings. The third kappa shape index (κ3) is 4.23. The van der Waals surface area contributed by atoms with Gasteiger partial charge in [-0.15, -0.1) is 0 Å². The van der Waals surface area contributed by atoms with E-state index in [9.17, 15) is 14.7 Å². The molecule has 2 aromatic carbocycles. The summed E-state index contributed by atoms with van der Waals surface area (Å²) in [5, 5.41) is 13.1. The van der Waals surface area contributed by atoms with Crippen molar-refractivity contribution in [2.24, 2.45) is 0 Å². The lowest BCUT2D eigenvalue weighted by Crippen LogP contribution is -2.16. The number of para-hydroxylation sites is 1. The van der Waals surface area contributed by atoms with Gasteiger partial charge in [0, 0.05) is 15.6 Å². The Morgan fingerprint density at radius 1 is 1.08 bits per heavy atom. The van der Waals surface area contributed by atoms with Gasteiger partial charge in [0.25, 0.3) is 0 Å². The smallest absolute Gasteiger partial charge is 0.354 e. The Balaban J connectivity index is 2.62. The SMILES string of the molecule is COC(=O)/C=C(/Nc1c(-c2ccccc2O)ccc(C)c1Br)C(=O)OC. The zero-order valence-electron chi connectivity index (χ0n) is 14.5. The molecule has 0 bridgehead atoms. The molecule has 0 spiro atoms. The number of carbonyl (C=O) groups excluding carboxylic acids is 2. The highest BCUT2D eigenvalue weighted by molar-refractivity contribution is 9.10.